The van der Waals surface area contributed by atoms with Gasteiger partial charge in [-0.3, -0.25) is 4.79 Å². The number of carbonyl (C=O) groups excluding carboxylic acids is 1. The van der Waals surface area contributed by atoms with Crippen LogP contribution in [0.1, 0.15) is 39.0 Å². The number of hydrogen-bond donors (Lipinski definition) is 0. The molecule has 0 heterocycles. The van der Waals surface area contributed by atoms with Crippen molar-refractivity contribution in [2.24, 2.45) is 5.92 Å². The van der Waals surface area contributed by atoms with Crippen LogP contribution in [-0.2, 0) is 9.53 Å². The van der Waals surface area contributed by atoms with Crippen molar-refractivity contribution in [2.75, 3.05) is 7.11 Å². The molecule has 0 spiro atoms. The Hall–Kier alpha value is -1.05. The predicted octanol–water partition coefficient (Wildman–Crippen LogP) is 3.24. The molecule has 0 saturated heterocycles. The zero-order valence-corrected chi connectivity index (χ0v) is 9.66. The molecule has 0 amide bonds. The monoisotopic (exact) mass is 208 g/mol. The molecule has 1 atom stereocenters. The van der Waals surface area contributed by atoms with Gasteiger partial charge in [0.2, 0.25) is 0 Å². The molecule has 0 aromatic rings. The largest absolute Gasteiger partial charge is 0.469 e. The second kappa shape index (κ2) is 6.44. The zero-order valence-electron chi connectivity index (χ0n) is 9.66. The summed E-state index contributed by atoms with van der Waals surface area (Å²) in [6, 6.07) is 0. The van der Waals surface area contributed by atoms with Crippen LogP contribution in [0.15, 0.2) is 23.8 Å². The van der Waals surface area contributed by atoms with Crippen LogP contribution in [0, 0.1) is 5.92 Å². The number of rotatable bonds is 5. The molecule has 0 unspecified atom stereocenters. The first kappa shape index (κ1) is 12.0. The first-order valence-corrected chi connectivity index (χ1v) is 5.68. The number of esters is 1. The van der Waals surface area contributed by atoms with Gasteiger partial charge in [-0.05, 0) is 31.6 Å². The van der Waals surface area contributed by atoms with E-state index in [2.05, 4.69) is 25.2 Å². The van der Waals surface area contributed by atoms with Gasteiger partial charge in [0.05, 0.1) is 13.5 Å². The maximum atomic E-state index is 11.2. The Morgan fingerprint density at radius 2 is 2.40 bits per heavy atom. The number of hydrogen-bond acceptors (Lipinski definition) is 2. The third-order valence-corrected chi connectivity index (χ3v) is 2.84. The fourth-order valence-electron chi connectivity index (χ4n) is 1.98. The van der Waals surface area contributed by atoms with Gasteiger partial charge in [-0.15, -0.1) is 0 Å². The van der Waals surface area contributed by atoms with Gasteiger partial charge in [0, 0.05) is 0 Å². The van der Waals surface area contributed by atoms with Crippen molar-refractivity contribution in [2.45, 2.75) is 39.0 Å². The van der Waals surface area contributed by atoms with Gasteiger partial charge in [0.25, 0.3) is 0 Å². The highest BCUT2D eigenvalue weighted by Gasteiger charge is 2.21. The molecule has 0 saturated carbocycles. The fourth-order valence-corrected chi connectivity index (χ4v) is 1.98. The molecule has 0 aromatic heterocycles. The summed E-state index contributed by atoms with van der Waals surface area (Å²) in [6.45, 7) is 2.13. The summed E-state index contributed by atoms with van der Waals surface area (Å²) < 4.78 is 4.70. The van der Waals surface area contributed by atoms with Crippen LogP contribution in [0.2, 0.25) is 0 Å². The molecule has 1 aliphatic rings. The average molecular weight is 208 g/mol. The summed E-state index contributed by atoms with van der Waals surface area (Å²) in [4.78, 5) is 11.2. The van der Waals surface area contributed by atoms with E-state index in [4.69, 9.17) is 4.74 Å². The van der Waals surface area contributed by atoms with Gasteiger partial charge >= 0.3 is 5.97 Å². The third-order valence-electron chi connectivity index (χ3n) is 2.84. The van der Waals surface area contributed by atoms with E-state index in [-0.39, 0.29) is 5.97 Å². The van der Waals surface area contributed by atoms with E-state index in [1.807, 2.05) is 0 Å². The number of carbonyl (C=O) groups is 1. The molecule has 2 nitrogen and oxygen atoms in total. The van der Waals surface area contributed by atoms with Crippen LogP contribution in [-0.4, -0.2) is 13.1 Å². The normalized spacial score (nSPS) is 20.7. The summed E-state index contributed by atoms with van der Waals surface area (Å²) in [5.74, 6) is 0.325. The Morgan fingerprint density at radius 3 is 3.07 bits per heavy atom. The van der Waals surface area contributed by atoms with Gasteiger partial charge in [0.15, 0.2) is 0 Å². The van der Waals surface area contributed by atoms with Crippen molar-refractivity contribution < 1.29 is 9.53 Å². The standard InChI is InChI=1S/C13H20O2/c1-3-4-5-7-11-8-6-9-12(11)10-13(14)15-2/h4-5,8,12H,3,6-7,9-10H2,1-2H3/t12-/m1/s1. The molecular formula is C13H20O2. The molecule has 1 rings (SSSR count). The smallest absolute Gasteiger partial charge is 0.306 e. The summed E-state index contributed by atoms with van der Waals surface area (Å²) >= 11 is 0. The van der Waals surface area contributed by atoms with Gasteiger partial charge in [-0.1, -0.05) is 30.7 Å². The highest BCUT2D eigenvalue weighted by Crippen LogP contribution is 2.31. The van der Waals surface area contributed by atoms with E-state index in [1.54, 1.807) is 0 Å². The lowest BCUT2D eigenvalue weighted by molar-refractivity contribution is -0.141. The Kier molecular flexibility index (Phi) is 5.16. The van der Waals surface area contributed by atoms with Crippen molar-refractivity contribution in [1.29, 1.82) is 0 Å². The van der Waals surface area contributed by atoms with Crippen molar-refractivity contribution >= 4 is 5.97 Å². The predicted molar refractivity (Wildman–Crippen MR) is 61.5 cm³/mol. The summed E-state index contributed by atoms with van der Waals surface area (Å²) in [5.41, 5.74) is 1.41. The van der Waals surface area contributed by atoms with Crippen LogP contribution in [0.25, 0.3) is 0 Å². The summed E-state index contributed by atoms with van der Waals surface area (Å²) in [7, 11) is 1.46. The Balaban J connectivity index is 2.42. The minimum atomic E-state index is -0.0905. The lowest BCUT2D eigenvalue weighted by Gasteiger charge is -2.11. The molecule has 0 aromatic carbocycles. The molecule has 0 fully saturated rings. The second-order valence-electron chi connectivity index (χ2n) is 3.92. The maximum Gasteiger partial charge on any atom is 0.306 e. The van der Waals surface area contributed by atoms with Gasteiger partial charge in [-0.25, -0.2) is 0 Å². The Morgan fingerprint density at radius 1 is 1.60 bits per heavy atom. The van der Waals surface area contributed by atoms with E-state index in [0.717, 1.165) is 25.7 Å². The second-order valence-corrected chi connectivity index (χ2v) is 3.92. The van der Waals surface area contributed by atoms with E-state index >= 15 is 0 Å². The molecule has 0 bridgehead atoms. The van der Waals surface area contributed by atoms with Crippen molar-refractivity contribution in [3.05, 3.63) is 23.8 Å². The number of methoxy groups -OCH3 is 1. The van der Waals surface area contributed by atoms with E-state index in [9.17, 15) is 4.79 Å². The van der Waals surface area contributed by atoms with Gasteiger partial charge in [0.1, 0.15) is 0 Å². The minimum absolute atomic E-state index is 0.0905. The van der Waals surface area contributed by atoms with Crippen LogP contribution < -0.4 is 0 Å². The van der Waals surface area contributed by atoms with E-state index < -0.39 is 0 Å². The minimum Gasteiger partial charge on any atom is -0.469 e. The Labute approximate surface area is 92.0 Å². The molecule has 2 heteroatoms. The van der Waals surface area contributed by atoms with E-state index in [1.165, 1.54) is 12.7 Å². The summed E-state index contributed by atoms with van der Waals surface area (Å²) in [5, 5.41) is 0. The van der Waals surface area contributed by atoms with Crippen LogP contribution in [0.4, 0.5) is 0 Å². The third kappa shape index (κ3) is 3.90. The van der Waals surface area contributed by atoms with Crippen LogP contribution >= 0.6 is 0 Å². The van der Waals surface area contributed by atoms with Crippen LogP contribution in [0.5, 0.6) is 0 Å². The molecule has 0 aliphatic heterocycles. The number of allylic oxidation sites excluding steroid dienone is 4. The number of ether oxygens (including phenoxy) is 1. The molecule has 0 radical (unpaired) electrons. The SMILES string of the molecule is CCC=CCC1=CCC[C@@H]1CC(=O)OC. The van der Waals surface area contributed by atoms with Crippen LogP contribution in [0.3, 0.4) is 0 Å². The highest BCUT2D eigenvalue weighted by molar-refractivity contribution is 5.70. The lowest BCUT2D eigenvalue weighted by Crippen LogP contribution is -2.09. The van der Waals surface area contributed by atoms with Gasteiger partial charge in [-0.2, -0.15) is 0 Å². The molecule has 15 heavy (non-hydrogen) atoms. The topological polar surface area (TPSA) is 26.3 Å². The Bertz CT molecular complexity index is 264. The van der Waals surface area contributed by atoms with Crippen molar-refractivity contribution in [3.8, 4) is 0 Å². The fraction of sp³-hybridized carbons (Fsp3) is 0.615. The zero-order chi connectivity index (χ0) is 11.1. The van der Waals surface area contributed by atoms with Crippen molar-refractivity contribution in [1.82, 2.24) is 0 Å². The summed E-state index contributed by atoms with van der Waals surface area (Å²) in [6.07, 6.45) is 11.5. The molecule has 84 valence electrons. The lowest BCUT2D eigenvalue weighted by atomic mass is 9.95. The molecule has 0 N–H and O–H groups in total. The average Bonchev–Trinajstić information content (AvgIpc) is 2.66. The highest BCUT2D eigenvalue weighted by atomic mass is 16.5. The first-order chi connectivity index (χ1) is 7.27. The molecule has 1 aliphatic carbocycles. The maximum absolute atomic E-state index is 11.2. The van der Waals surface area contributed by atoms with Crippen molar-refractivity contribution in [3.63, 3.8) is 0 Å². The van der Waals surface area contributed by atoms with E-state index in [0.29, 0.717) is 12.3 Å². The molecular weight excluding hydrogens is 188 g/mol. The first-order valence-electron chi connectivity index (χ1n) is 5.68. The quantitative estimate of drug-likeness (QED) is 0.512. The van der Waals surface area contributed by atoms with Gasteiger partial charge < -0.3 is 4.74 Å².